The second kappa shape index (κ2) is 6.09. The summed E-state index contributed by atoms with van der Waals surface area (Å²) in [6.45, 7) is 6.61. The van der Waals surface area contributed by atoms with Gasteiger partial charge < -0.3 is 5.73 Å². The molecule has 1 aliphatic rings. The summed E-state index contributed by atoms with van der Waals surface area (Å²) in [7, 11) is -3.04. The Morgan fingerprint density at radius 1 is 1.24 bits per heavy atom. The molecule has 1 aliphatic heterocycles. The molecule has 0 radical (unpaired) electrons. The van der Waals surface area contributed by atoms with Crippen LogP contribution in [0.3, 0.4) is 0 Å². The van der Waals surface area contributed by atoms with Crippen molar-refractivity contribution < 1.29 is 8.42 Å². The largest absolute Gasteiger partial charge is 0.323 e. The van der Waals surface area contributed by atoms with Crippen LogP contribution >= 0.6 is 0 Å². The van der Waals surface area contributed by atoms with E-state index in [1.807, 2.05) is 12.1 Å². The molecule has 1 saturated heterocycles. The Morgan fingerprint density at radius 2 is 1.86 bits per heavy atom. The van der Waals surface area contributed by atoms with Gasteiger partial charge in [0.1, 0.15) is 0 Å². The van der Waals surface area contributed by atoms with Crippen molar-refractivity contribution in [2.45, 2.75) is 63.2 Å². The first kappa shape index (κ1) is 16.5. The van der Waals surface area contributed by atoms with Crippen molar-refractivity contribution in [2.75, 3.05) is 5.75 Å². The smallest absolute Gasteiger partial charge is 0.155 e. The number of hydrogen-bond donors (Lipinski definition) is 1. The van der Waals surface area contributed by atoms with E-state index in [1.54, 1.807) is 0 Å². The van der Waals surface area contributed by atoms with Gasteiger partial charge in [-0.1, -0.05) is 51.5 Å². The molecule has 1 aromatic carbocycles. The van der Waals surface area contributed by atoms with Crippen molar-refractivity contribution >= 4 is 9.84 Å². The molecule has 4 heteroatoms. The number of nitrogens with two attached hydrogens (primary N) is 1. The minimum atomic E-state index is -3.04. The van der Waals surface area contributed by atoms with Gasteiger partial charge in [-0.2, -0.15) is 0 Å². The van der Waals surface area contributed by atoms with Gasteiger partial charge >= 0.3 is 0 Å². The van der Waals surface area contributed by atoms with E-state index in [1.165, 1.54) is 5.56 Å². The standard InChI is InChI=1S/C17H27NO2S/c1-4-17(2,3)14-10-8-13(9-11-14)16(18)15-7-5-6-12-21(15,19)20/h8-11,15-16H,4-7,12,18H2,1-3H3. The Labute approximate surface area is 128 Å². The fraction of sp³-hybridized carbons (Fsp3) is 0.647. The second-order valence-electron chi connectivity index (χ2n) is 6.79. The zero-order valence-electron chi connectivity index (χ0n) is 13.3. The summed E-state index contributed by atoms with van der Waals surface area (Å²) in [4.78, 5) is 0. The van der Waals surface area contributed by atoms with E-state index in [0.29, 0.717) is 6.42 Å². The SMILES string of the molecule is CCC(C)(C)c1ccc(C(N)C2CCCCS2(=O)=O)cc1. The minimum absolute atomic E-state index is 0.138. The number of benzene rings is 1. The van der Waals surface area contributed by atoms with Crippen molar-refractivity contribution in [3.63, 3.8) is 0 Å². The third kappa shape index (κ3) is 3.49. The maximum atomic E-state index is 12.2. The average Bonchev–Trinajstić information content (AvgIpc) is 2.46. The molecular formula is C17H27NO2S. The van der Waals surface area contributed by atoms with E-state index < -0.39 is 21.1 Å². The Bertz CT molecular complexity index is 575. The number of hydrogen-bond acceptors (Lipinski definition) is 3. The Kier molecular flexibility index (Phi) is 4.79. The zero-order chi connectivity index (χ0) is 15.7. The van der Waals surface area contributed by atoms with Crippen molar-refractivity contribution in [3.8, 4) is 0 Å². The minimum Gasteiger partial charge on any atom is -0.323 e. The summed E-state index contributed by atoms with van der Waals surface area (Å²) in [6.07, 6.45) is 3.48. The van der Waals surface area contributed by atoms with Crippen LogP contribution in [0.5, 0.6) is 0 Å². The van der Waals surface area contributed by atoms with Gasteiger partial charge in [0.2, 0.25) is 0 Å². The molecule has 3 nitrogen and oxygen atoms in total. The van der Waals surface area contributed by atoms with Crippen molar-refractivity contribution in [1.29, 1.82) is 0 Å². The molecule has 0 bridgehead atoms. The van der Waals surface area contributed by atoms with Crippen molar-refractivity contribution in [2.24, 2.45) is 5.73 Å². The monoisotopic (exact) mass is 309 g/mol. The predicted molar refractivity (Wildman–Crippen MR) is 88.1 cm³/mol. The third-order valence-corrected chi connectivity index (χ3v) is 7.30. The van der Waals surface area contributed by atoms with Gasteiger partial charge in [0.25, 0.3) is 0 Å². The molecule has 1 aromatic rings. The molecule has 2 rings (SSSR count). The van der Waals surface area contributed by atoms with Crippen LogP contribution in [0.4, 0.5) is 0 Å². The normalized spacial score (nSPS) is 23.7. The van der Waals surface area contributed by atoms with Gasteiger partial charge in [-0.25, -0.2) is 8.42 Å². The summed E-state index contributed by atoms with van der Waals surface area (Å²) >= 11 is 0. The topological polar surface area (TPSA) is 60.2 Å². The highest BCUT2D eigenvalue weighted by molar-refractivity contribution is 7.92. The first-order chi connectivity index (χ1) is 9.78. The van der Waals surface area contributed by atoms with E-state index in [-0.39, 0.29) is 11.2 Å². The third-order valence-electron chi connectivity index (χ3n) is 4.99. The average molecular weight is 309 g/mol. The van der Waals surface area contributed by atoms with Crippen LogP contribution in [0.2, 0.25) is 0 Å². The van der Waals surface area contributed by atoms with Crippen LogP contribution in [0.25, 0.3) is 0 Å². The molecule has 2 unspecified atom stereocenters. The summed E-state index contributed by atoms with van der Waals surface area (Å²) in [5, 5.41) is -0.420. The van der Waals surface area contributed by atoms with E-state index >= 15 is 0 Å². The predicted octanol–water partition coefficient (Wildman–Crippen LogP) is 3.34. The van der Waals surface area contributed by atoms with E-state index in [4.69, 9.17) is 5.73 Å². The quantitative estimate of drug-likeness (QED) is 0.928. The van der Waals surface area contributed by atoms with Crippen molar-refractivity contribution in [1.82, 2.24) is 0 Å². The maximum absolute atomic E-state index is 12.2. The molecule has 0 amide bonds. The van der Waals surface area contributed by atoms with E-state index in [0.717, 1.165) is 24.8 Å². The second-order valence-corrected chi connectivity index (χ2v) is 9.13. The molecule has 118 valence electrons. The summed E-state index contributed by atoms with van der Waals surface area (Å²) in [5.74, 6) is 0.284. The molecule has 0 aliphatic carbocycles. The Morgan fingerprint density at radius 3 is 2.38 bits per heavy atom. The van der Waals surface area contributed by atoms with Gasteiger partial charge in [0.05, 0.1) is 11.0 Å². The highest BCUT2D eigenvalue weighted by atomic mass is 32.2. The van der Waals surface area contributed by atoms with Crippen LogP contribution < -0.4 is 5.73 Å². The van der Waals surface area contributed by atoms with Gasteiger partial charge in [-0.3, -0.25) is 0 Å². The number of rotatable bonds is 4. The maximum Gasteiger partial charge on any atom is 0.155 e. The molecule has 1 heterocycles. The number of sulfone groups is 1. The lowest BCUT2D eigenvalue weighted by Gasteiger charge is -2.28. The highest BCUT2D eigenvalue weighted by Crippen LogP contribution is 2.31. The lowest BCUT2D eigenvalue weighted by molar-refractivity contribution is 0.500. The van der Waals surface area contributed by atoms with Crippen LogP contribution in [-0.2, 0) is 15.3 Å². The summed E-state index contributed by atoms with van der Waals surface area (Å²) in [6, 6.07) is 7.78. The van der Waals surface area contributed by atoms with E-state index in [2.05, 4.69) is 32.9 Å². The van der Waals surface area contributed by atoms with Crippen molar-refractivity contribution in [3.05, 3.63) is 35.4 Å². The zero-order valence-corrected chi connectivity index (χ0v) is 14.1. The summed E-state index contributed by atoms with van der Waals surface area (Å²) in [5.41, 5.74) is 8.60. The van der Waals surface area contributed by atoms with Crippen LogP contribution in [0.1, 0.15) is 63.6 Å². The lowest BCUT2D eigenvalue weighted by atomic mass is 9.81. The first-order valence-electron chi connectivity index (χ1n) is 7.85. The van der Waals surface area contributed by atoms with Gasteiger partial charge in [-0.15, -0.1) is 0 Å². The molecule has 2 atom stereocenters. The molecular weight excluding hydrogens is 282 g/mol. The highest BCUT2D eigenvalue weighted by Gasteiger charge is 2.34. The fourth-order valence-corrected chi connectivity index (χ4v) is 5.00. The Hall–Kier alpha value is -0.870. The first-order valence-corrected chi connectivity index (χ1v) is 9.57. The molecule has 0 spiro atoms. The molecule has 2 N–H and O–H groups in total. The summed E-state index contributed by atoms with van der Waals surface area (Å²) < 4.78 is 24.4. The van der Waals surface area contributed by atoms with Crippen LogP contribution in [-0.4, -0.2) is 19.4 Å². The van der Waals surface area contributed by atoms with Gasteiger partial charge in [-0.05, 0) is 35.8 Å². The van der Waals surface area contributed by atoms with Crippen LogP contribution in [0.15, 0.2) is 24.3 Å². The molecule has 0 aromatic heterocycles. The van der Waals surface area contributed by atoms with E-state index in [9.17, 15) is 8.42 Å². The lowest BCUT2D eigenvalue weighted by Crippen LogP contribution is -2.37. The molecule has 21 heavy (non-hydrogen) atoms. The molecule has 1 fully saturated rings. The van der Waals surface area contributed by atoms with Crippen LogP contribution in [0, 0.1) is 0 Å². The van der Waals surface area contributed by atoms with Gasteiger partial charge in [0.15, 0.2) is 9.84 Å². The van der Waals surface area contributed by atoms with Gasteiger partial charge in [0, 0.05) is 6.04 Å². The Balaban J connectivity index is 2.22. The fourth-order valence-electron chi connectivity index (χ4n) is 2.96. The molecule has 0 saturated carbocycles.